The molecule has 2 rings (SSSR count). The first-order chi connectivity index (χ1) is 8.69. The van der Waals surface area contributed by atoms with Crippen molar-refractivity contribution in [3.8, 4) is 0 Å². The average Bonchev–Trinajstić information content (AvgIpc) is 2.37. The Morgan fingerprint density at radius 3 is 2.39 bits per heavy atom. The number of aliphatic hydroxyl groups excluding tert-OH is 1. The molecule has 0 amide bonds. The smallest absolute Gasteiger partial charge is 0.127 e. The zero-order valence-corrected chi connectivity index (χ0v) is 11.6. The fraction of sp³-hybridized carbons (Fsp3) is 0.600. The maximum Gasteiger partial charge on any atom is 0.127 e. The Kier molecular flexibility index (Phi) is 4.75. The van der Waals surface area contributed by atoms with Gasteiger partial charge in [0.25, 0.3) is 0 Å². The number of quaternary nitrogens is 2. The molecule has 0 unspecified atom stereocenters. The van der Waals surface area contributed by atoms with Crippen molar-refractivity contribution in [1.29, 1.82) is 0 Å². The van der Waals surface area contributed by atoms with Crippen LogP contribution in [-0.4, -0.2) is 44.4 Å². The molecule has 0 radical (unpaired) electrons. The van der Waals surface area contributed by atoms with Crippen LogP contribution in [0.1, 0.15) is 16.7 Å². The number of hydrogen-bond donors (Lipinski definition) is 3. The number of aryl methyl sites for hydroxylation is 2. The van der Waals surface area contributed by atoms with Gasteiger partial charge in [-0.15, -0.1) is 0 Å². The minimum absolute atomic E-state index is 0.321. The predicted molar refractivity (Wildman–Crippen MR) is 73.0 cm³/mol. The van der Waals surface area contributed by atoms with Gasteiger partial charge in [0.2, 0.25) is 0 Å². The summed E-state index contributed by atoms with van der Waals surface area (Å²) in [6.45, 7) is 11.6. The first-order valence-corrected chi connectivity index (χ1v) is 7.03. The van der Waals surface area contributed by atoms with Crippen LogP contribution in [0.5, 0.6) is 0 Å². The van der Waals surface area contributed by atoms with Crippen LogP contribution in [0.2, 0.25) is 0 Å². The van der Waals surface area contributed by atoms with Gasteiger partial charge in [0.1, 0.15) is 39.3 Å². The molecular weight excluding hydrogens is 224 g/mol. The molecule has 100 valence electrons. The molecule has 1 heterocycles. The summed E-state index contributed by atoms with van der Waals surface area (Å²) in [7, 11) is 0. The lowest BCUT2D eigenvalue weighted by Gasteiger charge is -2.29. The lowest BCUT2D eigenvalue weighted by atomic mass is 10.0. The molecule has 18 heavy (non-hydrogen) atoms. The van der Waals surface area contributed by atoms with Crippen molar-refractivity contribution in [2.45, 2.75) is 20.4 Å². The van der Waals surface area contributed by atoms with E-state index >= 15 is 0 Å². The number of aliphatic hydroxyl groups is 1. The van der Waals surface area contributed by atoms with Crippen LogP contribution in [0, 0.1) is 13.8 Å². The van der Waals surface area contributed by atoms with Crippen molar-refractivity contribution in [1.82, 2.24) is 0 Å². The SMILES string of the molecule is Cc1ccc(C)c(C[NH+]2CC[NH+](CCO)CC2)c1. The van der Waals surface area contributed by atoms with E-state index in [1.54, 1.807) is 9.80 Å². The van der Waals surface area contributed by atoms with Crippen molar-refractivity contribution in [2.24, 2.45) is 0 Å². The topological polar surface area (TPSA) is 29.1 Å². The molecule has 1 aromatic carbocycles. The van der Waals surface area contributed by atoms with Crippen molar-refractivity contribution in [3.63, 3.8) is 0 Å². The lowest BCUT2D eigenvalue weighted by Crippen LogP contribution is -3.27. The monoisotopic (exact) mass is 250 g/mol. The summed E-state index contributed by atoms with van der Waals surface area (Å²) < 4.78 is 0. The molecule has 0 aromatic heterocycles. The molecule has 1 aliphatic heterocycles. The summed E-state index contributed by atoms with van der Waals surface area (Å²) >= 11 is 0. The maximum atomic E-state index is 8.96. The quantitative estimate of drug-likeness (QED) is 0.601. The van der Waals surface area contributed by atoms with Gasteiger partial charge in [0.15, 0.2) is 0 Å². The molecule has 3 nitrogen and oxygen atoms in total. The Labute approximate surface area is 110 Å². The van der Waals surface area contributed by atoms with E-state index in [1.807, 2.05) is 0 Å². The second kappa shape index (κ2) is 6.32. The largest absolute Gasteiger partial charge is 0.391 e. The van der Waals surface area contributed by atoms with Crippen LogP contribution in [0.25, 0.3) is 0 Å². The van der Waals surface area contributed by atoms with Crippen LogP contribution in [0.4, 0.5) is 0 Å². The highest BCUT2D eigenvalue weighted by Gasteiger charge is 2.22. The van der Waals surface area contributed by atoms with E-state index in [2.05, 4.69) is 32.0 Å². The van der Waals surface area contributed by atoms with Gasteiger partial charge in [-0.3, -0.25) is 0 Å². The zero-order valence-electron chi connectivity index (χ0n) is 11.6. The second-order valence-corrected chi connectivity index (χ2v) is 5.58. The number of piperazine rings is 1. The van der Waals surface area contributed by atoms with Gasteiger partial charge in [-0.25, -0.2) is 0 Å². The highest BCUT2D eigenvalue weighted by Crippen LogP contribution is 2.09. The van der Waals surface area contributed by atoms with Crippen LogP contribution < -0.4 is 9.80 Å². The Hall–Kier alpha value is -0.900. The molecule has 1 aromatic rings. The van der Waals surface area contributed by atoms with E-state index in [-0.39, 0.29) is 0 Å². The van der Waals surface area contributed by atoms with Gasteiger partial charge >= 0.3 is 0 Å². The third-order valence-electron chi connectivity index (χ3n) is 4.07. The Bertz CT molecular complexity index is 384. The molecule has 1 aliphatic rings. The molecule has 3 heteroatoms. The van der Waals surface area contributed by atoms with Crippen LogP contribution in [-0.2, 0) is 6.54 Å². The normalized spacial score (nSPS) is 24.2. The standard InChI is InChI=1S/C15H24N2O/c1-13-3-4-14(2)15(11-13)12-17-7-5-16(6-8-17)9-10-18/h3-4,11,18H,5-10,12H2,1-2H3/p+2. The fourth-order valence-electron chi connectivity index (χ4n) is 2.80. The first kappa shape index (κ1) is 13.5. The van der Waals surface area contributed by atoms with Crippen molar-refractivity contribution in [2.75, 3.05) is 39.3 Å². The highest BCUT2D eigenvalue weighted by atomic mass is 16.3. The minimum atomic E-state index is 0.321. The maximum absolute atomic E-state index is 8.96. The fourth-order valence-corrected chi connectivity index (χ4v) is 2.80. The third kappa shape index (κ3) is 3.55. The predicted octanol–water partition coefficient (Wildman–Crippen LogP) is -1.42. The molecule has 0 aliphatic carbocycles. The summed E-state index contributed by atoms with van der Waals surface area (Å²) in [5.74, 6) is 0. The van der Waals surface area contributed by atoms with E-state index in [0.717, 1.165) is 13.1 Å². The molecule has 0 saturated carbocycles. The Balaban J connectivity index is 1.89. The average molecular weight is 250 g/mol. The van der Waals surface area contributed by atoms with Crippen LogP contribution >= 0.6 is 0 Å². The van der Waals surface area contributed by atoms with Crippen LogP contribution in [0.15, 0.2) is 18.2 Å². The van der Waals surface area contributed by atoms with E-state index in [9.17, 15) is 0 Å². The second-order valence-electron chi connectivity index (χ2n) is 5.58. The summed E-state index contributed by atoms with van der Waals surface area (Å²) in [6.07, 6.45) is 0. The molecule has 0 atom stereocenters. The van der Waals surface area contributed by atoms with E-state index < -0.39 is 0 Å². The van der Waals surface area contributed by atoms with Gasteiger partial charge in [-0.1, -0.05) is 23.8 Å². The minimum Gasteiger partial charge on any atom is -0.391 e. The van der Waals surface area contributed by atoms with Crippen LogP contribution in [0.3, 0.4) is 0 Å². The van der Waals surface area contributed by atoms with Crippen molar-refractivity contribution < 1.29 is 14.9 Å². The van der Waals surface area contributed by atoms with E-state index in [1.165, 1.54) is 42.9 Å². The summed E-state index contributed by atoms with van der Waals surface area (Å²) in [6, 6.07) is 6.75. The summed E-state index contributed by atoms with van der Waals surface area (Å²) in [5, 5.41) is 8.96. The van der Waals surface area contributed by atoms with Gasteiger partial charge in [0, 0.05) is 5.56 Å². The van der Waals surface area contributed by atoms with Gasteiger partial charge in [-0.05, 0) is 19.4 Å². The number of hydrogen-bond acceptors (Lipinski definition) is 1. The molecule has 1 fully saturated rings. The van der Waals surface area contributed by atoms with E-state index in [4.69, 9.17) is 5.11 Å². The lowest BCUT2D eigenvalue weighted by molar-refractivity contribution is -1.02. The molecule has 0 bridgehead atoms. The molecule has 1 saturated heterocycles. The Morgan fingerprint density at radius 1 is 1.06 bits per heavy atom. The van der Waals surface area contributed by atoms with Gasteiger partial charge in [0.05, 0.1) is 6.61 Å². The molecular formula is C15H26N2O+2. The molecule has 3 N–H and O–H groups in total. The Morgan fingerprint density at radius 2 is 1.72 bits per heavy atom. The highest BCUT2D eigenvalue weighted by molar-refractivity contribution is 5.29. The number of nitrogens with one attached hydrogen (secondary N) is 2. The number of rotatable bonds is 4. The summed E-state index contributed by atoms with van der Waals surface area (Å²) in [4.78, 5) is 3.24. The van der Waals surface area contributed by atoms with Crippen molar-refractivity contribution in [3.05, 3.63) is 34.9 Å². The summed E-state index contributed by atoms with van der Waals surface area (Å²) in [5.41, 5.74) is 4.27. The van der Waals surface area contributed by atoms with Crippen molar-refractivity contribution >= 4 is 0 Å². The first-order valence-electron chi connectivity index (χ1n) is 7.03. The molecule has 0 spiro atoms. The number of benzene rings is 1. The van der Waals surface area contributed by atoms with E-state index in [0.29, 0.717) is 6.61 Å². The van der Waals surface area contributed by atoms with Gasteiger partial charge < -0.3 is 14.9 Å². The van der Waals surface area contributed by atoms with Gasteiger partial charge in [-0.2, -0.15) is 0 Å². The zero-order chi connectivity index (χ0) is 13.0. The third-order valence-corrected chi connectivity index (χ3v) is 4.07.